The molecule has 0 unspecified atom stereocenters. The summed E-state index contributed by atoms with van der Waals surface area (Å²) in [4.78, 5) is 33.6. The van der Waals surface area contributed by atoms with E-state index in [1.165, 1.54) is 18.5 Å². The Labute approximate surface area is 96.5 Å². The number of hydrogen-bond donors (Lipinski definition) is 0. The molecule has 2 rings (SSSR count). The van der Waals surface area contributed by atoms with Crippen molar-refractivity contribution in [3.63, 3.8) is 0 Å². The lowest BCUT2D eigenvalue weighted by Gasteiger charge is -2.10. The van der Waals surface area contributed by atoms with E-state index in [4.69, 9.17) is 0 Å². The Morgan fingerprint density at radius 3 is 2.47 bits per heavy atom. The Bertz CT molecular complexity index is 595. The minimum atomic E-state index is -0.843. The molecule has 1 aromatic rings. The lowest BCUT2D eigenvalue weighted by Crippen LogP contribution is -2.40. The summed E-state index contributed by atoms with van der Waals surface area (Å²) >= 11 is 0. The topological polar surface area (TPSA) is 87.1 Å². The van der Waals surface area contributed by atoms with Crippen LogP contribution in [0.4, 0.5) is 5.69 Å². The van der Waals surface area contributed by atoms with Gasteiger partial charge in [-0.1, -0.05) is 0 Å². The van der Waals surface area contributed by atoms with E-state index in [0.717, 1.165) is 17.4 Å². The molecule has 0 atom stereocenters. The molecule has 0 radical (unpaired) electrons. The van der Waals surface area contributed by atoms with Crippen LogP contribution < -0.4 is 11.2 Å². The van der Waals surface area contributed by atoms with Gasteiger partial charge in [0.25, 0.3) is 0 Å². The molecule has 0 N–H and O–H groups in total. The maximum Gasteiger partial charge on any atom is 0.353 e. The van der Waals surface area contributed by atoms with Gasteiger partial charge >= 0.3 is 16.9 Å². The third-order valence-electron chi connectivity index (χ3n) is 3.09. The molecule has 0 aromatic carbocycles. The first-order valence-electron chi connectivity index (χ1n) is 5.38. The van der Waals surface area contributed by atoms with Crippen molar-refractivity contribution in [3.05, 3.63) is 36.6 Å². The minimum Gasteiger partial charge on any atom is -0.291 e. The Hall–Kier alpha value is -1.92. The van der Waals surface area contributed by atoms with E-state index in [1.807, 2.05) is 0 Å². The fourth-order valence-electron chi connectivity index (χ4n) is 1.84. The van der Waals surface area contributed by atoms with Gasteiger partial charge in [0.05, 0.1) is 4.92 Å². The lowest BCUT2D eigenvalue weighted by molar-refractivity contribution is -0.387. The molecule has 1 saturated carbocycles. The van der Waals surface area contributed by atoms with E-state index in [2.05, 4.69) is 0 Å². The van der Waals surface area contributed by atoms with Gasteiger partial charge in [-0.15, -0.1) is 0 Å². The van der Waals surface area contributed by atoms with Crippen LogP contribution in [0.3, 0.4) is 0 Å². The lowest BCUT2D eigenvalue weighted by atomic mass is 10.3. The zero-order valence-electron chi connectivity index (χ0n) is 9.67. The van der Waals surface area contributed by atoms with E-state index < -0.39 is 21.9 Å². The fourth-order valence-corrected chi connectivity index (χ4v) is 1.84. The second kappa shape index (κ2) is 3.83. The summed E-state index contributed by atoms with van der Waals surface area (Å²) in [5.41, 5.74) is -1.68. The summed E-state index contributed by atoms with van der Waals surface area (Å²) in [5, 5.41) is 10.8. The second-order valence-corrected chi connectivity index (χ2v) is 4.39. The zero-order valence-corrected chi connectivity index (χ0v) is 9.67. The Kier molecular flexibility index (Phi) is 2.60. The van der Waals surface area contributed by atoms with Crippen molar-refractivity contribution in [3.8, 4) is 0 Å². The number of hydrogen-bond acceptors (Lipinski definition) is 4. The maximum absolute atomic E-state index is 11.9. The molecule has 1 aliphatic carbocycles. The van der Waals surface area contributed by atoms with Gasteiger partial charge in [0.2, 0.25) is 0 Å². The largest absolute Gasteiger partial charge is 0.353 e. The Balaban J connectivity index is 2.69. The van der Waals surface area contributed by atoms with Crippen LogP contribution in [0.1, 0.15) is 18.5 Å². The third-order valence-corrected chi connectivity index (χ3v) is 3.09. The van der Waals surface area contributed by atoms with E-state index in [9.17, 15) is 19.7 Å². The van der Waals surface area contributed by atoms with Crippen LogP contribution in [0.25, 0.3) is 0 Å². The molecule has 7 nitrogen and oxygen atoms in total. The molecule has 1 aromatic heterocycles. The summed E-state index contributed by atoms with van der Waals surface area (Å²) in [5.74, 6) is 0.406. The van der Waals surface area contributed by atoms with Crippen molar-refractivity contribution < 1.29 is 4.92 Å². The smallest absolute Gasteiger partial charge is 0.291 e. The highest BCUT2D eigenvalue weighted by Gasteiger charge is 2.28. The van der Waals surface area contributed by atoms with Crippen molar-refractivity contribution in [1.29, 1.82) is 0 Å². The van der Waals surface area contributed by atoms with Gasteiger partial charge in [0, 0.05) is 13.6 Å². The summed E-state index contributed by atoms with van der Waals surface area (Å²) in [7, 11) is 1.26. The standard InChI is InChI=1S/C10H13N3O4/c1-6-8(13(16)17)9(14)11(2)10(15)12(6)5-7-3-4-7/h7H,3-5H2,1-2H3. The normalized spacial score (nSPS) is 14.9. The van der Waals surface area contributed by atoms with Crippen LogP contribution in [-0.2, 0) is 13.6 Å². The van der Waals surface area contributed by atoms with Crippen LogP contribution in [-0.4, -0.2) is 14.1 Å². The molecular formula is C10H13N3O4. The summed E-state index contributed by atoms with van der Waals surface area (Å²) in [6, 6.07) is 0. The first-order valence-corrected chi connectivity index (χ1v) is 5.38. The number of nitro groups is 1. The third kappa shape index (κ3) is 1.88. The molecule has 0 aliphatic heterocycles. The molecule has 17 heavy (non-hydrogen) atoms. The van der Waals surface area contributed by atoms with Crippen molar-refractivity contribution in [2.75, 3.05) is 0 Å². The van der Waals surface area contributed by atoms with Crippen LogP contribution in [0.2, 0.25) is 0 Å². The molecule has 0 spiro atoms. The fraction of sp³-hybridized carbons (Fsp3) is 0.600. The van der Waals surface area contributed by atoms with E-state index in [0.29, 0.717) is 12.5 Å². The maximum atomic E-state index is 11.9. The van der Waals surface area contributed by atoms with Crippen LogP contribution in [0.5, 0.6) is 0 Å². The predicted octanol–water partition coefficient (Wildman–Crippen LogP) is 0.174. The van der Waals surface area contributed by atoms with Gasteiger partial charge < -0.3 is 0 Å². The van der Waals surface area contributed by atoms with Gasteiger partial charge in [0.1, 0.15) is 5.69 Å². The highest BCUT2D eigenvalue weighted by Crippen LogP contribution is 2.30. The van der Waals surface area contributed by atoms with E-state index in [1.54, 1.807) is 0 Å². The second-order valence-electron chi connectivity index (χ2n) is 4.39. The van der Waals surface area contributed by atoms with Crippen LogP contribution >= 0.6 is 0 Å². The molecule has 1 fully saturated rings. The number of nitrogens with zero attached hydrogens (tertiary/aromatic N) is 3. The van der Waals surface area contributed by atoms with Gasteiger partial charge in [0.15, 0.2) is 0 Å². The van der Waals surface area contributed by atoms with Gasteiger partial charge in [-0.25, -0.2) is 4.79 Å². The first kappa shape index (κ1) is 11.6. The molecular weight excluding hydrogens is 226 g/mol. The molecule has 7 heteroatoms. The van der Waals surface area contributed by atoms with Crippen LogP contribution in [0, 0.1) is 23.0 Å². The first-order chi connectivity index (χ1) is 7.93. The van der Waals surface area contributed by atoms with Crippen molar-refractivity contribution in [1.82, 2.24) is 9.13 Å². The Morgan fingerprint density at radius 2 is 2.00 bits per heavy atom. The van der Waals surface area contributed by atoms with Crippen molar-refractivity contribution in [2.24, 2.45) is 13.0 Å². The average Bonchev–Trinajstić information content (AvgIpc) is 3.05. The molecule has 0 saturated heterocycles. The van der Waals surface area contributed by atoms with E-state index in [-0.39, 0.29) is 5.69 Å². The number of aromatic nitrogens is 2. The number of rotatable bonds is 3. The minimum absolute atomic E-state index is 0.148. The Morgan fingerprint density at radius 1 is 1.41 bits per heavy atom. The highest BCUT2D eigenvalue weighted by atomic mass is 16.6. The van der Waals surface area contributed by atoms with Crippen molar-refractivity contribution >= 4 is 5.69 Å². The van der Waals surface area contributed by atoms with Gasteiger partial charge in [-0.05, 0) is 25.7 Å². The van der Waals surface area contributed by atoms with E-state index >= 15 is 0 Å². The van der Waals surface area contributed by atoms with Crippen molar-refractivity contribution in [2.45, 2.75) is 26.3 Å². The summed E-state index contributed by atoms with van der Waals surface area (Å²) in [6.07, 6.45) is 2.06. The van der Waals surface area contributed by atoms with Gasteiger partial charge in [-0.3, -0.25) is 24.0 Å². The average molecular weight is 239 g/mol. The molecule has 1 aliphatic rings. The summed E-state index contributed by atoms with van der Waals surface area (Å²) < 4.78 is 2.13. The SMILES string of the molecule is Cc1c([N+](=O)[O-])c(=O)n(C)c(=O)n1CC1CC1. The molecule has 1 heterocycles. The van der Waals surface area contributed by atoms with Gasteiger partial charge in [-0.2, -0.15) is 0 Å². The molecule has 0 bridgehead atoms. The predicted molar refractivity (Wildman–Crippen MR) is 60.1 cm³/mol. The van der Waals surface area contributed by atoms with Crippen LogP contribution in [0.15, 0.2) is 9.59 Å². The quantitative estimate of drug-likeness (QED) is 0.555. The zero-order chi connectivity index (χ0) is 12.7. The highest BCUT2D eigenvalue weighted by molar-refractivity contribution is 5.31. The summed E-state index contributed by atoms with van der Waals surface area (Å²) in [6.45, 7) is 1.91. The molecule has 92 valence electrons. The molecule has 0 amide bonds. The monoisotopic (exact) mass is 239 g/mol.